The fraction of sp³-hybridized carbons (Fsp3) is 0.688. The van der Waals surface area contributed by atoms with Crippen LogP contribution in [0.1, 0.15) is 46.7 Å². The van der Waals surface area contributed by atoms with Crippen molar-refractivity contribution in [1.82, 2.24) is 9.97 Å². The Hall–Kier alpha value is -1.39. The van der Waals surface area contributed by atoms with Crippen LogP contribution in [-0.2, 0) is 5.41 Å². The summed E-state index contributed by atoms with van der Waals surface area (Å²) in [7, 11) is 5.50. The summed E-state index contributed by atoms with van der Waals surface area (Å²) in [5, 5.41) is 0. The van der Waals surface area contributed by atoms with Crippen molar-refractivity contribution in [2.75, 3.05) is 26.1 Å². The molecule has 1 aromatic heterocycles. The average Bonchev–Trinajstić information content (AvgIpc) is 2.33. The predicted octanol–water partition coefficient (Wildman–Crippen LogP) is 2.03. The van der Waals surface area contributed by atoms with E-state index in [9.17, 15) is 0 Å². The van der Waals surface area contributed by atoms with Gasteiger partial charge in [-0.25, -0.2) is 0 Å². The Kier molecular flexibility index (Phi) is 5.18. The zero-order valence-electron chi connectivity index (χ0n) is 14.7. The molecule has 0 saturated carbocycles. The van der Waals surface area contributed by atoms with E-state index in [0.717, 1.165) is 17.6 Å². The van der Waals surface area contributed by atoms with Crippen LogP contribution >= 0.6 is 0 Å². The summed E-state index contributed by atoms with van der Waals surface area (Å²) in [6.45, 7) is 16.9. The van der Waals surface area contributed by atoms with E-state index in [-0.39, 0.29) is 10.8 Å². The van der Waals surface area contributed by atoms with Gasteiger partial charge in [0.25, 0.3) is 0 Å². The molecule has 0 fully saturated rings. The first-order valence-corrected chi connectivity index (χ1v) is 7.28. The van der Waals surface area contributed by atoms with Crippen molar-refractivity contribution in [2.24, 2.45) is 5.41 Å². The molecule has 21 heavy (non-hydrogen) atoms. The number of aromatic nitrogens is 2. The van der Waals surface area contributed by atoms with E-state index in [4.69, 9.17) is 9.72 Å². The molecule has 0 aromatic carbocycles. The predicted molar refractivity (Wildman–Crippen MR) is 92.5 cm³/mol. The molecular formula is C16H28BN3O. The minimum absolute atomic E-state index is 0.0945. The number of hydrogen-bond acceptors (Lipinski definition) is 4. The molecule has 1 heterocycles. The molecule has 0 amide bonds. The first-order chi connectivity index (χ1) is 9.51. The number of ether oxygens (including phenoxy) is 1. The second-order valence-electron chi connectivity index (χ2n) is 7.52. The van der Waals surface area contributed by atoms with Crippen molar-refractivity contribution in [1.29, 1.82) is 0 Å². The van der Waals surface area contributed by atoms with Gasteiger partial charge in [-0.2, -0.15) is 0 Å². The molecule has 4 nitrogen and oxygen atoms in total. The summed E-state index contributed by atoms with van der Waals surface area (Å²) in [6.07, 6.45) is 1.01. The molecule has 5 heteroatoms. The van der Waals surface area contributed by atoms with Gasteiger partial charge in [0.1, 0.15) is 0 Å². The number of nitrogens with zero attached hydrogens (tertiary/aromatic N) is 3. The van der Waals surface area contributed by atoms with Gasteiger partial charge in [0, 0.05) is 0 Å². The van der Waals surface area contributed by atoms with Crippen molar-refractivity contribution in [2.45, 2.75) is 46.5 Å². The van der Waals surface area contributed by atoms with E-state index in [1.807, 2.05) is 19.0 Å². The fourth-order valence-electron chi connectivity index (χ4n) is 2.90. The Labute approximate surface area is 129 Å². The number of rotatable bonds is 5. The molecule has 0 atom stereocenters. The molecule has 0 unspecified atom stereocenters. The molecule has 0 aliphatic heterocycles. The van der Waals surface area contributed by atoms with Crippen molar-refractivity contribution in [3.05, 3.63) is 5.69 Å². The number of methoxy groups -OCH3 is 1. The molecule has 1 aromatic rings. The summed E-state index contributed by atoms with van der Waals surface area (Å²) in [6, 6.07) is 0. The summed E-state index contributed by atoms with van der Waals surface area (Å²) < 4.78 is 5.44. The molecule has 0 aliphatic carbocycles. The molecular weight excluding hydrogens is 261 g/mol. The van der Waals surface area contributed by atoms with Crippen LogP contribution in [0.3, 0.4) is 0 Å². The monoisotopic (exact) mass is 289 g/mol. The van der Waals surface area contributed by atoms with Gasteiger partial charge in [0.2, 0.25) is 0 Å². The third-order valence-electron chi connectivity index (χ3n) is 3.31. The third kappa shape index (κ3) is 4.29. The zero-order chi connectivity index (χ0) is 16.4. The third-order valence-corrected chi connectivity index (χ3v) is 3.31. The van der Waals surface area contributed by atoms with E-state index in [1.165, 1.54) is 0 Å². The maximum atomic E-state index is 5.44. The van der Waals surface area contributed by atoms with Crippen LogP contribution in [0.4, 0.5) is 5.95 Å². The van der Waals surface area contributed by atoms with Gasteiger partial charge < -0.3 is 0 Å². The fourth-order valence-corrected chi connectivity index (χ4v) is 2.90. The molecule has 0 spiro atoms. The van der Waals surface area contributed by atoms with Crippen LogP contribution in [0.5, 0.6) is 5.88 Å². The molecule has 0 N–H and O–H groups in total. The summed E-state index contributed by atoms with van der Waals surface area (Å²) in [4.78, 5) is 11.1. The van der Waals surface area contributed by atoms with Crippen LogP contribution in [0.15, 0.2) is 0 Å². The SMILES string of the molecule is C=Bc1c(OC)nc(N(C)C)nc1C(C)(C)CC(C)(C)C. The van der Waals surface area contributed by atoms with Crippen molar-refractivity contribution < 1.29 is 4.74 Å². The van der Waals surface area contributed by atoms with E-state index in [1.54, 1.807) is 14.0 Å². The van der Waals surface area contributed by atoms with Crippen molar-refractivity contribution in [3.63, 3.8) is 0 Å². The van der Waals surface area contributed by atoms with Crippen molar-refractivity contribution in [3.8, 4) is 5.88 Å². The molecule has 116 valence electrons. The topological polar surface area (TPSA) is 38.2 Å². The summed E-state index contributed by atoms with van der Waals surface area (Å²) >= 11 is 0. The number of hydrogen-bond donors (Lipinski definition) is 0. The Morgan fingerprint density at radius 2 is 1.71 bits per heavy atom. The average molecular weight is 289 g/mol. The second kappa shape index (κ2) is 6.16. The van der Waals surface area contributed by atoms with Gasteiger partial charge in [0.05, 0.1) is 0 Å². The van der Waals surface area contributed by atoms with E-state index >= 15 is 0 Å². The van der Waals surface area contributed by atoms with Gasteiger partial charge in [0.15, 0.2) is 0 Å². The van der Waals surface area contributed by atoms with Gasteiger partial charge >= 0.3 is 129 Å². The standard InChI is InChI=1S/C16H28BN3O/c1-15(2,3)10-16(4,5)12-11(17-6)13(21-9)19-14(18-12)20(7)8/h6,10H2,1-5,7-9H3. The van der Waals surface area contributed by atoms with Crippen LogP contribution < -0.4 is 15.1 Å². The Morgan fingerprint density at radius 1 is 1.14 bits per heavy atom. The first-order valence-electron chi connectivity index (χ1n) is 7.28. The van der Waals surface area contributed by atoms with Gasteiger partial charge in [-0.05, 0) is 0 Å². The van der Waals surface area contributed by atoms with Crippen LogP contribution in [0.2, 0.25) is 0 Å². The van der Waals surface area contributed by atoms with E-state index in [2.05, 4.69) is 46.1 Å². The van der Waals surface area contributed by atoms with Crippen LogP contribution in [0, 0.1) is 5.41 Å². The van der Waals surface area contributed by atoms with E-state index < -0.39 is 0 Å². The Bertz CT molecular complexity index is 519. The molecule has 0 bridgehead atoms. The Morgan fingerprint density at radius 3 is 2.10 bits per heavy atom. The van der Waals surface area contributed by atoms with Crippen LogP contribution in [-0.4, -0.2) is 44.6 Å². The Balaban J connectivity index is 3.51. The first kappa shape index (κ1) is 17.7. The normalized spacial score (nSPS) is 12.0. The quantitative estimate of drug-likeness (QED) is 0.777. The number of anilines is 1. The minimum atomic E-state index is -0.0945. The van der Waals surface area contributed by atoms with Crippen LogP contribution in [0.25, 0.3) is 0 Å². The molecule has 0 saturated heterocycles. The maximum absolute atomic E-state index is 5.44. The van der Waals surface area contributed by atoms with Gasteiger partial charge in [-0.15, -0.1) is 0 Å². The van der Waals surface area contributed by atoms with Gasteiger partial charge in [-0.3, -0.25) is 0 Å². The van der Waals surface area contributed by atoms with Crippen molar-refractivity contribution >= 4 is 24.8 Å². The zero-order valence-corrected chi connectivity index (χ0v) is 14.7. The summed E-state index contributed by atoms with van der Waals surface area (Å²) in [5.41, 5.74) is 1.99. The van der Waals surface area contributed by atoms with E-state index in [0.29, 0.717) is 11.8 Å². The molecule has 0 aliphatic rings. The molecule has 1 rings (SSSR count). The molecule has 0 radical (unpaired) electrons. The second-order valence-corrected chi connectivity index (χ2v) is 7.52. The summed E-state index contributed by atoms with van der Waals surface area (Å²) in [5.74, 6) is 1.25. The van der Waals surface area contributed by atoms with Gasteiger partial charge in [-0.1, -0.05) is 0 Å².